The first-order chi connectivity index (χ1) is 8.80. The van der Waals surface area contributed by atoms with Gasteiger partial charge in [0, 0.05) is 18.3 Å². The Bertz CT molecular complexity index is 495. The van der Waals surface area contributed by atoms with E-state index in [4.69, 9.17) is 11.0 Å². The number of ether oxygens (including phenoxy) is 1. The Kier molecular flexibility index (Phi) is 4.61. The molecule has 0 aliphatic carbocycles. The van der Waals surface area contributed by atoms with Gasteiger partial charge in [0.2, 0.25) is 0 Å². The molecule has 0 amide bonds. The second kappa shape index (κ2) is 5.79. The molecule has 19 heavy (non-hydrogen) atoms. The summed E-state index contributed by atoms with van der Waals surface area (Å²) in [6.45, 7) is -0.248. The van der Waals surface area contributed by atoms with Crippen molar-refractivity contribution in [2.24, 2.45) is 5.73 Å². The van der Waals surface area contributed by atoms with Crippen LogP contribution in [0.4, 0.5) is 22.0 Å². The van der Waals surface area contributed by atoms with Crippen molar-refractivity contribution in [2.75, 3.05) is 0 Å². The van der Waals surface area contributed by atoms with Crippen molar-refractivity contribution >= 4 is 0 Å². The van der Waals surface area contributed by atoms with Crippen LogP contribution < -0.4 is 10.5 Å². The third-order valence-electron chi connectivity index (χ3n) is 2.15. The number of nitrogens with zero attached hydrogens (tertiary/aromatic N) is 2. The highest BCUT2D eigenvalue weighted by Crippen LogP contribution is 2.36. The van der Waals surface area contributed by atoms with Crippen molar-refractivity contribution in [1.29, 1.82) is 5.26 Å². The highest BCUT2D eigenvalue weighted by molar-refractivity contribution is 5.44. The quantitative estimate of drug-likeness (QED) is 0.860. The van der Waals surface area contributed by atoms with E-state index in [1.807, 2.05) is 0 Å². The zero-order chi connectivity index (χ0) is 14.6. The summed E-state index contributed by atoms with van der Waals surface area (Å²) in [5.74, 6) is -1.15. The molecule has 0 bridgehead atoms. The largest absolute Gasteiger partial charge is 0.573 e. The number of rotatable bonds is 4. The van der Waals surface area contributed by atoms with Crippen molar-refractivity contribution < 1.29 is 26.7 Å². The Morgan fingerprint density at radius 2 is 2.05 bits per heavy atom. The monoisotopic (exact) mass is 281 g/mol. The summed E-state index contributed by atoms with van der Waals surface area (Å²) in [6.07, 6.45) is -8.05. The van der Waals surface area contributed by atoms with Gasteiger partial charge in [0.15, 0.2) is 5.75 Å². The van der Waals surface area contributed by atoms with E-state index in [9.17, 15) is 22.0 Å². The summed E-state index contributed by atoms with van der Waals surface area (Å²) < 4.78 is 65.5. The first-order valence-corrected chi connectivity index (χ1v) is 4.91. The summed E-state index contributed by atoms with van der Waals surface area (Å²) in [5, 5.41) is 8.56. The zero-order valence-electron chi connectivity index (χ0n) is 9.34. The number of hydrogen-bond acceptors (Lipinski definition) is 4. The van der Waals surface area contributed by atoms with Crippen LogP contribution in [0, 0.1) is 11.3 Å². The molecule has 1 heterocycles. The van der Waals surface area contributed by atoms with Crippen LogP contribution >= 0.6 is 0 Å². The van der Waals surface area contributed by atoms with Crippen LogP contribution in [-0.2, 0) is 13.0 Å². The number of halogens is 5. The molecule has 0 fully saturated rings. The van der Waals surface area contributed by atoms with E-state index in [-0.39, 0.29) is 17.7 Å². The van der Waals surface area contributed by atoms with Gasteiger partial charge in [-0.25, -0.2) is 8.78 Å². The van der Waals surface area contributed by atoms with Crippen molar-refractivity contribution in [1.82, 2.24) is 4.98 Å². The van der Waals surface area contributed by atoms with Crippen molar-refractivity contribution in [3.63, 3.8) is 0 Å². The van der Waals surface area contributed by atoms with Gasteiger partial charge >= 0.3 is 6.36 Å². The summed E-state index contributed by atoms with van der Waals surface area (Å²) in [7, 11) is 0. The van der Waals surface area contributed by atoms with Crippen LogP contribution in [0.1, 0.15) is 23.2 Å². The van der Waals surface area contributed by atoms with Crippen molar-refractivity contribution in [3.05, 3.63) is 23.0 Å². The molecule has 0 aliphatic heterocycles. The normalized spacial score (nSPS) is 11.5. The molecule has 0 unspecified atom stereocenters. The second-order valence-electron chi connectivity index (χ2n) is 3.36. The lowest BCUT2D eigenvalue weighted by Gasteiger charge is -2.17. The number of aromatic nitrogens is 1. The number of nitrogens with two attached hydrogens (primary N) is 1. The van der Waals surface area contributed by atoms with Crippen LogP contribution in [0.5, 0.6) is 5.75 Å². The van der Waals surface area contributed by atoms with E-state index < -0.39 is 30.7 Å². The molecule has 1 rings (SSSR count). The van der Waals surface area contributed by atoms with Crippen LogP contribution in [0.25, 0.3) is 0 Å². The van der Waals surface area contributed by atoms with E-state index in [0.29, 0.717) is 0 Å². The number of alkyl halides is 5. The van der Waals surface area contributed by atoms with E-state index >= 15 is 0 Å². The average molecular weight is 281 g/mol. The van der Waals surface area contributed by atoms with Crippen molar-refractivity contribution in [3.8, 4) is 11.8 Å². The maximum absolute atomic E-state index is 12.6. The minimum Gasteiger partial charge on any atom is -0.403 e. The van der Waals surface area contributed by atoms with Gasteiger partial charge in [-0.2, -0.15) is 5.26 Å². The first kappa shape index (κ1) is 15.1. The minimum absolute atomic E-state index is 0.0465. The van der Waals surface area contributed by atoms with Gasteiger partial charge in [-0.3, -0.25) is 4.98 Å². The molecule has 104 valence electrons. The summed E-state index contributed by atoms with van der Waals surface area (Å²) in [4.78, 5) is 3.21. The highest BCUT2D eigenvalue weighted by atomic mass is 19.4. The molecule has 0 atom stereocenters. The van der Waals surface area contributed by atoms with Crippen molar-refractivity contribution in [2.45, 2.75) is 25.8 Å². The molecule has 9 heteroatoms. The molecule has 0 spiro atoms. The summed E-state index contributed by atoms with van der Waals surface area (Å²) >= 11 is 0. The van der Waals surface area contributed by atoms with Gasteiger partial charge < -0.3 is 10.5 Å². The Balaban J connectivity index is 3.45. The second-order valence-corrected chi connectivity index (χ2v) is 3.36. The lowest BCUT2D eigenvalue weighted by atomic mass is 10.0. The third kappa shape index (κ3) is 3.75. The predicted octanol–water partition coefficient (Wildman–Crippen LogP) is 2.44. The third-order valence-corrected chi connectivity index (χ3v) is 2.15. The minimum atomic E-state index is -5.16. The highest BCUT2D eigenvalue weighted by Gasteiger charge is 2.35. The van der Waals surface area contributed by atoms with E-state index in [1.165, 1.54) is 0 Å². The van der Waals surface area contributed by atoms with Gasteiger partial charge in [-0.1, -0.05) is 0 Å². The van der Waals surface area contributed by atoms with E-state index in [2.05, 4.69) is 9.72 Å². The van der Waals surface area contributed by atoms with Crippen LogP contribution in [0.3, 0.4) is 0 Å². The first-order valence-electron chi connectivity index (χ1n) is 4.91. The topological polar surface area (TPSA) is 71.9 Å². The fourth-order valence-corrected chi connectivity index (χ4v) is 1.42. The summed E-state index contributed by atoms with van der Waals surface area (Å²) in [5.41, 5.74) is 3.82. The van der Waals surface area contributed by atoms with E-state index in [1.54, 1.807) is 6.07 Å². The average Bonchev–Trinajstić information content (AvgIpc) is 2.29. The van der Waals surface area contributed by atoms with Crippen LogP contribution in [-0.4, -0.2) is 11.3 Å². The van der Waals surface area contributed by atoms with Gasteiger partial charge in [0.1, 0.15) is 5.69 Å². The predicted molar refractivity (Wildman–Crippen MR) is 53.1 cm³/mol. The molecule has 0 radical (unpaired) electrons. The van der Waals surface area contributed by atoms with Crippen LogP contribution in [0.15, 0.2) is 6.20 Å². The number of pyridine rings is 1. The van der Waals surface area contributed by atoms with Gasteiger partial charge in [0.25, 0.3) is 6.43 Å². The molecule has 1 aromatic rings. The maximum atomic E-state index is 12.6. The molecule has 1 aromatic heterocycles. The lowest BCUT2D eigenvalue weighted by Crippen LogP contribution is -2.21. The smallest absolute Gasteiger partial charge is 0.403 e. The molecule has 0 aromatic carbocycles. The Hall–Kier alpha value is -1.95. The standard InChI is InChI=1S/C10H8F5N3O/c11-9(12)7-8(19-10(13,14)15)6(1-2-16)5(3-17)4-18-7/h4,9H,1,3,17H2. The molecular weight excluding hydrogens is 273 g/mol. The Morgan fingerprint density at radius 3 is 2.47 bits per heavy atom. The molecule has 4 nitrogen and oxygen atoms in total. The molecule has 0 aliphatic rings. The number of nitriles is 1. The molecular formula is C10H8F5N3O. The Labute approximate surface area is 104 Å². The Morgan fingerprint density at radius 1 is 1.42 bits per heavy atom. The molecule has 2 N–H and O–H groups in total. The fraction of sp³-hybridized carbons (Fsp3) is 0.400. The van der Waals surface area contributed by atoms with Gasteiger partial charge in [0.05, 0.1) is 12.5 Å². The molecule has 0 saturated heterocycles. The fourth-order valence-electron chi connectivity index (χ4n) is 1.42. The summed E-state index contributed by atoms with van der Waals surface area (Å²) in [6, 6.07) is 1.58. The van der Waals surface area contributed by atoms with Crippen LogP contribution in [0.2, 0.25) is 0 Å². The van der Waals surface area contributed by atoms with E-state index in [0.717, 1.165) is 6.20 Å². The lowest BCUT2D eigenvalue weighted by molar-refractivity contribution is -0.275. The van der Waals surface area contributed by atoms with Gasteiger partial charge in [-0.15, -0.1) is 13.2 Å². The van der Waals surface area contributed by atoms with Gasteiger partial charge in [-0.05, 0) is 5.56 Å². The maximum Gasteiger partial charge on any atom is 0.573 e. The SMILES string of the molecule is N#CCc1c(CN)cnc(C(F)F)c1OC(F)(F)F. The zero-order valence-corrected chi connectivity index (χ0v) is 9.34. The number of hydrogen-bond donors (Lipinski definition) is 1. The molecule has 0 saturated carbocycles.